The van der Waals surface area contributed by atoms with Gasteiger partial charge in [-0.05, 0) is 43.7 Å². The monoisotopic (exact) mass is 383 g/mol. The van der Waals surface area contributed by atoms with Crippen LogP contribution in [0.3, 0.4) is 0 Å². The summed E-state index contributed by atoms with van der Waals surface area (Å²) < 4.78 is 5.57. The van der Waals surface area contributed by atoms with Crippen molar-refractivity contribution in [3.8, 4) is 0 Å². The molecular formula is C22H29N3O3. The number of ether oxygens (including phenoxy) is 1. The van der Waals surface area contributed by atoms with Gasteiger partial charge >= 0.3 is 0 Å². The molecule has 3 heterocycles. The minimum Gasteiger partial charge on any atom is -0.376 e. The second kappa shape index (κ2) is 8.35. The first-order valence-electron chi connectivity index (χ1n) is 10.4. The summed E-state index contributed by atoms with van der Waals surface area (Å²) in [6.45, 7) is 4.81. The van der Waals surface area contributed by atoms with Gasteiger partial charge in [-0.3, -0.25) is 9.59 Å². The molecule has 1 aromatic heterocycles. The highest BCUT2D eigenvalue weighted by atomic mass is 16.5. The standard InChI is InChI=1S/C22H29N3O3/c1-15(21(26)23-14-18-6-4-12-28-18)16-8-10-25(11-9-16)22(27)20-13-17-5-2-3-7-19(17)24-20/h2-3,5,7,13,15-16,18,24H,4,6,8-12,14H2,1H3,(H,23,26)/t15-,18+/m0/s1. The number of rotatable bonds is 5. The molecule has 6 heteroatoms. The smallest absolute Gasteiger partial charge is 0.270 e. The summed E-state index contributed by atoms with van der Waals surface area (Å²) in [6.07, 6.45) is 4.01. The molecule has 0 saturated carbocycles. The average molecular weight is 383 g/mol. The van der Waals surface area contributed by atoms with Crippen LogP contribution in [0, 0.1) is 11.8 Å². The second-order valence-corrected chi connectivity index (χ2v) is 8.07. The number of H-pyrrole nitrogens is 1. The molecule has 2 amide bonds. The molecule has 150 valence electrons. The average Bonchev–Trinajstić information content (AvgIpc) is 3.40. The number of benzene rings is 1. The molecule has 2 aromatic rings. The fourth-order valence-corrected chi connectivity index (χ4v) is 4.36. The summed E-state index contributed by atoms with van der Waals surface area (Å²) in [5.41, 5.74) is 1.62. The van der Waals surface area contributed by atoms with E-state index < -0.39 is 0 Å². The lowest BCUT2D eigenvalue weighted by atomic mass is 9.84. The predicted molar refractivity (Wildman–Crippen MR) is 108 cm³/mol. The van der Waals surface area contributed by atoms with Crippen molar-refractivity contribution in [1.82, 2.24) is 15.2 Å². The molecule has 2 atom stereocenters. The minimum atomic E-state index is -0.0354. The third-order valence-corrected chi connectivity index (χ3v) is 6.24. The first kappa shape index (κ1) is 19.0. The Morgan fingerprint density at radius 3 is 2.75 bits per heavy atom. The topological polar surface area (TPSA) is 74.4 Å². The Balaban J connectivity index is 1.28. The number of carbonyl (C=O) groups excluding carboxylic acids is 2. The molecule has 4 rings (SSSR count). The first-order valence-corrected chi connectivity index (χ1v) is 10.4. The minimum absolute atomic E-state index is 0.0354. The van der Waals surface area contributed by atoms with E-state index in [1.807, 2.05) is 42.2 Å². The molecule has 0 aliphatic carbocycles. The van der Waals surface area contributed by atoms with Gasteiger partial charge in [0.15, 0.2) is 0 Å². The number of likely N-dealkylation sites (tertiary alicyclic amines) is 1. The van der Waals surface area contributed by atoms with Crippen LogP contribution in [0.4, 0.5) is 0 Å². The fraction of sp³-hybridized carbons (Fsp3) is 0.545. The summed E-state index contributed by atoms with van der Waals surface area (Å²) in [7, 11) is 0. The molecule has 28 heavy (non-hydrogen) atoms. The van der Waals surface area contributed by atoms with E-state index in [2.05, 4.69) is 10.3 Å². The van der Waals surface area contributed by atoms with Gasteiger partial charge in [-0.25, -0.2) is 0 Å². The number of amides is 2. The molecule has 2 saturated heterocycles. The van der Waals surface area contributed by atoms with Crippen molar-refractivity contribution in [2.75, 3.05) is 26.2 Å². The Hall–Kier alpha value is -2.34. The molecule has 2 fully saturated rings. The van der Waals surface area contributed by atoms with Gasteiger partial charge < -0.3 is 19.9 Å². The SMILES string of the molecule is C[C@H](C(=O)NC[C@H]1CCCO1)C1CCN(C(=O)c2cc3ccccc3[nH]2)CC1. The molecule has 0 spiro atoms. The largest absolute Gasteiger partial charge is 0.376 e. The van der Waals surface area contributed by atoms with Crippen molar-refractivity contribution in [2.45, 2.75) is 38.7 Å². The summed E-state index contributed by atoms with van der Waals surface area (Å²) >= 11 is 0. The fourth-order valence-electron chi connectivity index (χ4n) is 4.36. The molecule has 2 aliphatic rings. The highest BCUT2D eigenvalue weighted by Gasteiger charge is 2.31. The zero-order chi connectivity index (χ0) is 19.5. The number of carbonyl (C=O) groups is 2. The van der Waals surface area contributed by atoms with Crippen molar-refractivity contribution >= 4 is 22.7 Å². The molecular weight excluding hydrogens is 354 g/mol. The van der Waals surface area contributed by atoms with Crippen LogP contribution in [0.25, 0.3) is 10.9 Å². The van der Waals surface area contributed by atoms with Crippen LogP contribution in [0.2, 0.25) is 0 Å². The van der Waals surface area contributed by atoms with E-state index in [-0.39, 0.29) is 23.8 Å². The van der Waals surface area contributed by atoms with Gasteiger partial charge in [0.05, 0.1) is 6.10 Å². The van der Waals surface area contributed by atoms with Crippen LogP contribution in [-0.2, 0) is 9.53 Å². The number of fused-ring (bicyclic) bond motifs is 1. The molecule has 0 radical (unpaired) electrons. The lowest BCUT2D eigenvalue weighted by Gasteiger charge is -2.34. The summed E-state index contributed by atoms with van der Waals surface area (Å²) in [5.74, 6) is 0.434. The van der Waals surface area contributed by atoms with Crippen LogP contribution in [0.1, 0.15) is 43.1 Å². The van der Waals surface area contributed by atoms with Gasteiger partial charge in [-0.2, -0.15) is 0 Å². The van der Waals surface area contributed by atoms with Crippen molar-refractivity contribution in [1.29, 1.82) is 0 Å². The summed E-state index contributed by atoms with van der Waals surface area (Å²) in [4.78, 5) is 30.4. The van der Waals surface area contributed by atoms with Crippen molar-refractivity contribution in [2.24, 2.45) is 11.8 Å². The Morgan fingerprint density at radius 1 is 1.25 bits per heavy atom. The quantitative estimate of drug-likeness (QED) is 0.834. The highest BCUT2D eigenvalue weighted by molar-refractivity contribution is 5.98. The van der Waals surface area contributed by atoms with Crippen LogP contribution in [0.15, 0.2) is 30.3 Å². The number of aromatic amines is 1. The van der Waals surface area contributed by atoms with E-state index >= 15 is 0 Å². The number of nitrogens with one attached hydrogen (secondary N) is 2. The van der Waals surface area contributed by atoms with Crippen molar-refractivity contribution < 1.29 is 14.3 Å². The number of nitrogens with zero attached hydrogens (tertiary/aromatic N) is 1. The van der Waals surface area contributed by atoms with Gasteiger partial charge in [-0.15, -0.1) is 0 Å². The maximum atomic E-state index is 12.8. The lowest BCUT2D eigenvalue weighted by Crippen LogP contribution is -2.43. The van der Waals surface area contributed by atoms with Gasteiger partial charge in [0.25, 0.3) is 5.91 Å². The Kier molecular flexibility index (Phi) is 5.67. The zero-order valence-corrected chi connectivity index (χ0v) is 16.4. The molecule has 1 aromatic carbocycles. The van der Waals surface area contributed by atoms with Crippen LogP contribution in [-0.4, -0.2) is 54.0 Å². The lowest BCUT2D eigenvalue weighted by molar-refractivity contribution is -0.127. The molecule has 6 nitrogen and oxygen atoms in total. The van der Waals surface area contributed by atoms with E-state index in [4.69, 9.17) is 4.74 Å². The first-order chi connectivity index (χ1) is 13.6. The molecule has 2 aliphatic heterocycles. The molecule has 0 bridgehead atoms. The van der Waals surface area contributed by atoms with Gasteiger partial charge in [0.2, 0.25) is 5.91 Å². The number of piperidine rings is 1. The van der Waals surface area contributed by atoms with Gasteiger partial charge in [0, 0.05) is 43.1 Å². The van der Waals surface area contributed by atoms with Crippen molar-refractivity contribution in [3.63, 3.8) is 0 Å². The van der Waals surface area contributed by atoms with Gasteiger partial charge in [0.1, 0.15) is 5.69 Å². The third-order valence-electron chi connectivity index (χ3n) is 6.24. The van der Waals surface area contributed by atoms with E-state index in [1.54, 1.807) is 0 Å². The van der Waals surface area contributed by atoms with E-state index in [0.29, 0.717) is 31.2 Å². The number of hydrogen-bond acceptors (Lipinski definition) is 3. The summed E-state index contributed by atoms with van der Waals surface area (Å²) in [5, 5.41) is 4.10. The maximum Gasteiger partial charge on any atom is 0.270 e. The van der Waals surface area contributed by atoms with Crippen LogP contribution < -0.4 is 5.32 Å². The third kappa shape index (κ3) is 4.07. The van der Waals surface area contributed by atoms with Crippen molar-refractivity contribution in [3.05, 3.63) is 36.0 Å². The van der Waals surface area contributed by atoms with E-state index in [1.165, 1.54) is 0 Å². The maximum absolute atomic E-state index is 12.8. The van der Waals surface area contributed by atoms with Crippen LogP contribution in [0.5, 0.6) is 0 Å². The zero-order valence-electron chi connectivity index (χ0n) is 16.4. The number of hydrogen-bond donors (Lipinski definition) is 2. The number of aromatic nitrogens is 1. The van der Waals surface area contributed by atoms with Crippen LogP contribution >= 0.6 is 0 Å². The Bertz CT molecular complexity index is 799. The number of para-hydroxylation sites is 1. The van der Waals surface area contributed by atoms with E-state index in [0.717, 1.165) is 43.2 Å². The van der Waals surface area contributed by atoms with E-state index in [9.17, 15) is 9.59 Å². The predicted octanol–water partition coefficient (Wildman–Crippen LogP) is 2.95. The molecule has 0 unspecified atom stereocenters. The Morgan fingerprint density at radius 2 is 2.04 bits per heavy atom. The summed E-state index contributed by atoms with van der Waals surface area (Å²) in [6, 6.07) is 9.84. The Labute approximate surface area is 165 Å². The highest BCUT2D eigenvalue weighted by Crippen LogP contribution is 2.26. The van der Waals surface area contributed by atoms with Gasteiger partial charge in [-0.1, -0.05) is 25.1 Å². The normalized spacial score (nSPS) is 21.8. The molecule has 2 N–H and O–H groups in total. The second-order valence-electron chi connectivity index (χ2n) is 8.07.